The van der Waals surface area contributed by atoms with Gasteiger partial charge in [0.1, 0.15) is 12.1 Å². The third kappa shape index (κ3) is 6.64. The summed E-state index contributed by atoms with van der Waals surface area (Å²) in [5, 5.41) is 10.1. The van der Waals surface area contributed by atoms with Crippen LogP contribution in [0.5, 0.6) is 0 Å². The van der Waals surface area contributed by atoms with E-state index in [-0.39, 0.29) is 12.2 Å². The van der Waals surface area contributed by atoms with Gasteiger partial charge in [-0.3, -0.25) is 4.57 Å². The van der Waals surface area contributed by atoms with Gasteiger partial charge in [-0.15, -0.1) is 0 Å². The summed E-state index contributed by atoms with van der Waals surface area (Å²) in [5.41, 5.74) is 0. The van der Waals surface area contributed by atoms with Gasteiger partial charge in [0, 0.05) is 13.1 Å². The van der Waals surface area contributed by atoms with Gasteiger partial charge in [0.15, 0.2) is 7.37 Å². The Morgan fingerprint density at radius 2 is 1.69 bits per heavy atom. The molecule has 1 unspecified atom stereocenters. The fourth-order valence-corrected chi connectivity index (χ4v) is 2.88. The molecular formula is C11H27NO3P+. The van der Waals surface area contributed by atoms with E-state index in [1.165, 1.54) is 6.66 Å². The normalized spacial score (nSPS) is 20.6. The third-order valence-electron chi connectivity index (χ3n) is 2.68. The summed E-state index contributed by atoms with van der Waals surface area (Å²) in [6.45, 7) is 5.50. The lowest BCUT2D eigenvalue weighted by molar-refractivity contribution is -0.900. The first-order valence-corrected chi connectivity index (χ1v) is 8.01. The van der Waals surface area contributed by atoms with Gasteiger partial charge < -0.3 is 14.5 Å². The zero-order valence-corrected chi connectivity index (χ0v) is 12.2. The van der Waals surface area contributed by atoms with Crippen molar-refractivity contribution in [3.63, 3.8) is 0 Å². The summed E-state index contributed by atoms with van der Waals surface area (Å²) in [5.74, 6) is 0.465. The molecule has 0 aromatic heterocycles. The Morgan fingerprint density at radius 1 is 1.25 bits per heavy atom. The van der Waals surface area contributed by atoms with Gasteiger partial charge in [-0.1, -0.05) is 13.8 Å². The minimum atomic E-state index is -3.15. The summed E-state index contributed by atoms with van der Waals surface area (Å²) in [6, 6.07) is 0.000394. The molecule has 0 rings (SSSR count). The van der Waals surface area contributed by atoms with Gasteiger partial charge in [0.05, 0.1) is 27.3 Å². The highest BCUT2D eigenvalue weighted by atomic mass is 31.2. The first-order valence-electron chi connectivity index (χ1n) is 5.72. The summed E-state index contributed by atoms with van der Waals surface area (Å²) in [6.07, 6.45) is 0.119. The maximum absolute atomic E-state index is 11.3. The van der Waals surface area contributed by atoms with Crippen LogP contribution in [0, 0.1) is 5.92 Å². The molecule has 0 fully saturated rings. The van der Waals surface area contributed by atoms with E-state index in [0.29, 0.717) is 10.4 Å². The molecule has 3 atom stereocenters. The maximum Gasteiger partial charge on any atom is 0.200 e. The van der Waals surface area contributed by atoms with E-state index in [0.717, 1.165) is 6.42 Å². The molecule has 0 bridgehead atoms. The van der Waals surface area contributed by atoms with Gasteiger partial charge >= 0.3 is 0 Å². The van der Waals surface area contributed by atoms with Crippen molar-refractivity contribution in [1.29, 1.82) is 0 Å². The third-order valence-corrected chi connectivity index (χ3v) is 3.73. The lowest BCUT2D eigenvalue weighted by atomic mass is 9.97. The monoisotopic (exact) mass is 252 g/mol. The molecule has 0 heterocycles. The summed E-state index contributed by atoms with van der Waals surface area (Å²) >= 11 is 0. The summed E-state index contributed by atoms with van der Waals surface area (Å²) in [4.78, 5) is 9.33. The SMILES string of the molecule is CC(C)C[C@@H]([C@H](O)CP(C)(=O)O)[N+](C)(C)C. The standard InChI is InChI=1S/C11H26NO3P/c1-9(2)7-10(12(3,4)5)11(13)8-16(6,14)15/h9-11,13H,7-8H2,1-6H3/p+1/t10-,11+/m0/s1. The van der Waals surface area contributed by atoms with E-state index in [9.17, 15) is 14.6 Å². The van der Waals surface area contributed by atoms with Gasteiger partial charge in [-0.05, 0) is 5.92 Å². The van der Waals surface area contributed by atoms with E-state index in [4.69, 9.17) is 0 Å². The van der Waals surface area contributed by atoms with Crippen LogP contribution in [-0.2, 0) is 4.57 Å². The van der Waals surface area contributed by atoms with Crippen LogP contribution < -0.4 is 0 Å². The molecule has 0 spiro atoms. The largest absolute Gasteiger partial charge is 0.386 e. The number of likely N-dealkylation sites (N-methyl/N-ethyl adjacent to an activating group) is 1. The Balaban J connectivity index is 4.70. The highest BCUT2D eigenvalue weighted by Gasteiger charge is 2.34. The zero-order valence-electron chi connectivity index (χ0n) is 11.3. The molecule has 98 valence electrons. The number of aliphatic hydroxyl groups excluding tert-OH is 1. The highest BCUT2D eigenvalue weighted by Crippen LogP contribution is 2.37. The topological polar surface area (TPSA) is 57.5 Å². The first kappa shape index (κ1) is 16.1. The van der Waals surface area contributed by atoms with E-state index >= 15 is 0 Å². The number of hydrogen-bond donors (Lipinski definition) is 2. The number of nitrogens with zero attached hydrogens (tertiary/aromatic N) is 1. The maximum atomic E-state index is 11.3. The van der Waals surface area contributed by atoms with Gasteiger partial charge in [0.2, 0.25) is 0 Å². The lowest BCUT2D eigenvalue weighted by Gasteiger charge is -2.38. The molecule has 0 saturated heterocycles. The molecule has 0 aromatic carbocycles. The Kier molecular flexibility index (Phi) is 5.67. The van der Waals surface area contributed by atoms with Crippen molar-refractivity contribution in [3.8, 4) is 0 Å². The van der Waals surface area contributed by atoms with Gasteiger partial charge in [-0.25, -0.2) is 0 Å². The van der Waals surface area contributed by atoms with E-state index in [1.807, 2.05) is 21.1 Å². The predicted octanol–water partition coefficient (Wildman–Crippen LogP) is 1.37. The molecule has 2 N–H and O–H groups in total. The second kappa shape index (κ2) is 5.63. The number of quaternary nitrogens is 1. The molecule has 0 aliphatic carbocycles. The fraction of sp³-hybridized carbons (Fsp3) is 1.00. The number of hydrogen-bond acceptors (Lipinski definition) is 2. The van der Waals surface area contributed by atoms with E-state index < -0.39 is 13.5 Å². The average Bonchev–Trinajstić information content (AvgIpc) is 1.93. The predicted molar refractivity (Wildman–Crippen MR) is 67.9 cm³/mol. The van der Waals surface area contributed by atoms with Crippen molar-refractivity contribution in [3.05, 3.63) is 0 Å². The van der Waals surface area contributed by atoms with Crippen molar-refractivity contribution in [1.82, 2.24) is 0 Å². The number of aliphatic hydroxyl groups is 1. The average molecular weight is 252 g/mol. The van der Waals surface area contributed by atoms with Crippen molar-refractivity contribution >= 4 is 7.37 Å². The van der Waals surface area contributed by atoms with Crippen LogP contribution in [0.15, 0.2) is 0 Å². The first-order chi connectivity index (χ1) is 6.93. The van der Waals surface area contributed by atoms with Crippen LogP contribution in [0.4, 0.5) is 0 Å². The van der Waals surface area contributed by atoms with Crippen LogP contribution in [0.1, 0.15) is 20.3 Å². The minimum absolute atomic E-state index is 0.000394. The second-order valence-corrected chi connectivity index (χ2v) is 8.58. The van der Waals surface area contributed by atoms with Crippen LogP contribution in [-0.4, -0.2) is 60.6 Å². The van der Waals surface area contributed by atoms with Crippen LogP contribution in [0.25, 0.3) is 0 Å². The second-order valence-electron chi connectivity index (χ2n) is 6.11. The zero-order chi connectivity index (χ0) is 13.1. The molecule has 16 heavy (non-hydrogen) atoms. The van der Waals surface area contributed by atoms with Gasteiger partial charge in [-0.2, -0.15) is 0 Å². The lowest BCUT2D eigenvalue weighted by Crippen LogP contribution is -2.53. The Morgan fingerprint density at radius 3 is 1.94 bits per heavy atom. The Labute approximate surface area is 99.3 Å². The Bertz CT molecular complexity index is 254. The van der Waals surface area contributed by atoms with Crippen LogP contribution in [0.2, 0.25) is 0 Å². The Hall–Kier alpha value is 0.110. The fourth-order valence-electron chi connectivity index (χ4n) is 1.94. The molecule has 5 heteroatoms. The summed E-state index contributed by atoms with van der Waals surface area (Å²) < 4.78 is 11.9. The van der Waals surface area contributed by atoms with Crippen molar-refractivity contribution in [2.75, 3.05) is 34.0 Å². The van der Waals surface area contributed by atoms with Gasteiger partial charge in [0.25, 0.3) is 0 Å². The van der Waals surface area contributed by atoms with Crippen molar-refractivity contribution in [2.24, 2.45) is 5.92 Å². The molecule has 0 amide bonds. The molecule has 0 aliphatic rings. The molecule has 0 aromatic rings. The van der Waals surface area contributed by atoms with Crippen LogP contribution >= 0.6 is 7.37 Å². The molecule has 0 saturated carbocycles. The molecule has 0 radical (unpaired) electrons. The number of rotatable bonds is 6. The van der Waals surface area contributed by atoms with E-state index in [1.54, 1.807) is 0 Å². The van der Waals surface area contributed by atoms with Crippen molar-refractivity contribution < 1.29 is 19.0 Å². The highest BCUT2D eigenvalue weighted by molar-refractivity contribution is 7.57. The van der Waals surface area contributed by atoms with E-state index in [2.05, 4.69) is 13.8 Å². The molecule has 4 nitrogen and oxygen atoms in total. The summed E-state index contributed by atoms with van der Waals surface area (Å²) in [7, 11) is 2.88. The molecule has 0 aliphatic heterocycles. The smallest absolute Gasteiger partial charge is 0.200 e. The minimum Gasteiger partial charge on any atom is -0.386 e. The van der Waals surface area contributed by atoms with Crippen molar-refractivity contribution in [2.45, 2.75) is 32.4 Å². The quantitative estimate of drug-likeness (QED) is 0.554. The van der Waals surface area contributed by atoms with Crippen LogP contribution in [0.3, 0.4) is 0 Å². The molecular weight excluding hydrogens is 225 g/mol.